The second-order valence-corrected chi connectivity index (χ2v) is 4.52. The first-order valence-electron chi connectivity index (χ1n) is 5.72. The van der Waals surface area contributed by atoms with Crippen molar-refractivity contribution in [1.82, 2.24) is 14.7 Å². The van der Waals surface area contributed by atoms with Gasteiger partial charge in [-0.15, -0.1) is 0 Å². The molecule has 1 unspecified atom stereocenters. The molecule has 0 aromatic carbocycles. The van der Waals surface area contributed by atoms with E-state index in [1.807, 2.05) is 20.9 Å². The van der Waals surface area contributed by atoms with Crippen molar-refractivity contribution in [2.24, 2.45) is 7.05 Å². The third-order valence-corrected chi connectivity index (χ3v) is 3.12. The van der Waals surface area contributed by atoms with Crippen molar-refractivity contribution in [1.29, 1.82) is 0 Å². The zero-order valence-corrected chi connectivity index (χ0v) is 11.4. The Morgan fingerprint density at radius 3 is 2.39 bits per heavy atom. The van der Waals surface area contributed by atoms with E-state index in [1.165, 1.54) is 11.9 Å². The van der Waals surface area contributed by atoms with Crippen LogP contribution in [0.3, 0.4) is 0 Å². The van der Waals surface area contributed by atoms with Crippen LogP contribution < -0.4 is 0 Å². The molecular weight excluding hydrogens is 234 g/mol. The SMILES string of the molecule is Cc1nn(C)c(C)c1C(C)C(=O)N(C)CC(=O)O. The van der Waals surface area contributed by atoms with Crippen LogP contribution in [0.1, 0.15) is 29.8 Å². The fourth-order valence-corrected chi connectivity index (χ4v) is 2.15. The normalized spacial score (nSPS) is 12.3. The van der Waals surface area contributed by atoms with Crippen molar-refractivity contribution in [3.63, 3.8) is 0 Å². The maximum atomic E-state index is 12.1. The molecule has 1 aromatic rings. The van der Waals surface area contributed by atoms with E-state index in [2.05, 4.69) is 5.10 Å². The van der Waals surface area contributed by atoms with Crippen LogP contribution in [0.2, 0.25) is 0 Å². The summed E-state index contributed by atoms with van der Waals surface area (Å²) >= 11 is 0. The first-order valence-corrected chi connectivity index (χ1v) is 5.72. The highest BCUT2D eigenvalue weighted by atomic mass is 16.4. The Balaban J connectivity index is 2.96. The second-order valence-electron chi connectivity index (χ2n) is 4.52. The Morgan fingerprint density at radius 2 is 2.00 bits per heavy atom. The van der Waals surface area contributed by atoms with Gasteiger partial charge in [0.1, 0.15) is 6.54 Å². The molecule has 1 atom stereocenters. The maximum Gasteiger partial charge on any atom is 0.323 e. The number of aryl methyl sites for hydroxylation is 2. The van der Waals surface area contributed by atoms with Crippen molar-refractivity contribution in [3.05, 3.63) is 17.0 Å². The molecule has 1 rings (SSSR count). The molecule has 0 saturated heterocycles. The first kappa shape index (κ1) is 14.2. The number of carbonyl (C=O) groups excluding carboxylic acids is 1. The van der Waals surface area contributed by atoms with E-state index in [0.717, 1.165) is 17.0 Å². The van der Waals surface area contributed by atoms with Crippen molar-refractivity contribution in [2.45, 2.75) is 26.7 Å². The number of carboxylic acid groups (broad SMARTS) is 1. The van der Waals surface area contributed by atoms with Gasteiger partial charge in [0.25, 0.3) is 0 Å². The van der Waals surface area contributed by atoms with Crippen molar-refractivity contribution in [3.8, 4) is 0 Å². The fraction of sp³-hybridized carbons (Fsp3) is 0.583. The van der Waals surface area contributed by atoms with Crippen molar-refractivity contribution < 1.29 is 14.7 Å². The minimum absolute atomic E-state index is 0.211. The molecule has 6 nitrogen and oxygen atoms in total. The zero-order valence-electron chi connectivity index (χ0n) is 11.4. The number of amides is 1. The number of aromatic nitrogens is 2. The number of hydrogen-bond donors (Lipinski definition) is 1. The Bertz CT molecular complexity index is 479. The molecule has 0 aliphatic carbocycles. The molecule has 1 heterocycles. The summed E-state index contributed by atoms with van der Waals surface area (Å²) in [7, 11) is 3.32. The van der Waals surface area contributed by atoms with Crippen LogP contribution in [0, 0.1) is 13.8 Å². The maximum absolute atomic E-state index is 12.1. The lowest BCUT2D eigenvalue weighted by Crippen LogP contribution is -2.35. The monoisotopic (exact) mass is 253 g/mol. The predicted molar refractivity (Wildman–Crippen MR) is 66.4 cm³/mol. The highest BCUT2D eigenvalue weighted by Crippen LogP contribution is 2.24. The van der Waals surface area contributed by atoms with Gasteiger partial charge in [0, 0.05) is 25.4 Å². The highest BCUT2D eigenvalue weighted by Gasteiger charge is 2.25. The minimum Gasteiger partial charge on any atom is -0.480 e. The largest absolute Gasteiger partial charge is 0.480 e. The van der Waals surface area contributed by atoms with Crippen LogP contribution in [0.15, 0.2) is 0 Å². The summed E-state index contributed by atoms with van der Waals surface area (Å²) in [6, 6.07) is 0. The minimum atomic E-state index is -1.02. The van der Waals surface area contributed by atoms with Gasteiger partial charge in [-0.1, -0.05) is 0 Å². The summed E-state index contributed by atoms with van der Waals surface area (Å²) < 4.78 is 1.73. The van der Waals surface area contributed by atoms with E-state index in [0.29, 0.717) is 0 Å². The highest BCUT2D eigenvalue weighted by molar-refractivity contribution is 5.86. The third kappa shape index (κ3) is 2.69. The molecule has 6 heteroatoms. The molecule has 1 amide bonds. The summed E-state index contributed by atoms with van der Waals surface area (Å²) in [4.78, 5) is 23.9. The second kappa shape index (κ2) is 5.20. The van der Waals surface area contributed by atoms with Crippen LogP contribution in [0.5, 0.6) is 0 Å². The summed E-state index contributed by atoms with van der Waals surface area (Å²) in [5.41, 5.74) is 2.61. The molecule has 100 valence electrons. The van der Waals surface area contributed by atoms with Gasteiger partial charge in [-0.25, -0.2) is 0 Å². The number of aliphatic carboxylic acids is 1. The van der Waals surface area contributed by atoms with Crippen LogP contribution in [0.4, 0.5) is 0 Å². The van der Waals surface area contributed by atoms with Gasteiger partial charge in [-0.2, -0.15) is 5.10 Å². The van der Waals surface area contributed by atoms with Crippen molar-refractivity contribution in [2.75, 3.05) is 13.6 Å². The quantitative estimate of drug-likeness (QED) is 0.856. The topological polar surface area (TPSA) is 75.4 Å². The average Bonchev–Trinajstić information content (AvgIpc) is 2.50. The molecule has 0 aliphatic rings. The van der Waals surface area contributed by atoms with E-state index in [1.54, 1.807) is 11.6 Å². The molecule has 1 N–H and O–H groups in total. The Labute approximate surface area is 106 Å². The predicted octanol–water partition coefficient (Wildman–Crippen LogP) is 0.683. The van der Waals surface area contributed by atoms with Gasteiger partial charge in [-0.3, -0.25) is 14.3 Å². The molecule has 18 heavy (non-hydrogen) atoms. The molecule has 0 saturated carbocycles. The number of likely N-dealkylation sites (N-methyl/N-ethyl adjacent to an activating group) is 1. The van der Waals surface area contributed by atoms with Gasteiger partial charge >= 0.3 is 5.97 Å². The standard InChI is InChI=1S/C12H19N3O3/c1-7(12(18)14(4)6-10(16)17)11-8(2)13-15(5)9(11)3/h7H,6H2,1-5H3,(H,16,17). The molecule has 0 bridgehead atoms. The fourth-order valence-electron chi connectivity index (χ4n) is 2.15. The van der Waals surface area contributed by atoms with Gasteiger partial charge in [-0.05, 0) is 20.8 Å². The number of nitrogens with zero attached hydrogens (tertiary/aromatic N) is 3. The Kier molecular flexibility index (Phi) is 4.11. The van der Waals surface area contributed by atoms with Crippen LogP contribution >= 0.6 is 0 Å². The first-order chi connectivity index (χ1) is 8.25. The number of carboxylic acids is 1. The van der Waals surface area contributed by atoms with Gasteiger partial charge in [0.15, 0.2) is 0 Å². The summed E-state index contributed by atoms with van der Waals surface area (Å²) in [5, 5.41) is 13.0. The molecule has 0 radical (unpaired) electrons. The summed E-state index contributed by atoms with van der Waals surface area (Å²) in [6.07, 6.45) is 0. The number of hydrogen-bond acceptors (Lipinski definition) is 3. The van der Waals surface area contributed by atoms with Crippen LogP contribution in [0.25, 0.3) is 0 Å². The molecule has 0 aliphatic heterocycles. The molecule has 0 spiro atoms. The van der Waals surface area contributed by atoms with Gasteiger partial charge < -0.3 is 10.0 Å². The van der Waals surface area contributed by atoms with E-state index in [9.17, 15) is 9.59 Å². The van der Waals surface area contributed by atoms with E-state index < -0.39 is 5.97 Å². The lowest BCUT2D eigenvalue weighted by molar-refractivity contribution is -0.143. The van der Waals surface area contributed by atoms with E-state index in [-0.39, 0.29) is 18.4 Å². The molecule has 0 fully saturated rings. The lowest BCUT2D eigenvalue weighted by Gasteiger charge is -2.20. The number of rotatable bonds is 4. The van der Waals surface area contributed by atoms with Crippen LogP contribution in [-0.4, -0.2) is 45.3 Å². The average molecular weight is 253 g/mol. The number of carbonyl (C=O) groups is 2. The third-order valence-electron chi connectivity index (χ3n) is 3.12. The van der Waals surface area contributed by atoms with E-state index >= 15 is 0 Å². The summed E-state index contributed by atoms with van der Waals surface area (Å²) in [6.45, 7) is 5.23. The molecular formula is C12H19N3O3. The van der Waals surface area contributed by atoms with Crippen LogP contribution in [-0.2, 0) is 16.6 Å². The van der Waals surface area contributed by atoms with Gasteiger partial charge in [0.2, 0.25) is 5.91 Å². The van der Waals surface area contributed by atoms with Gasteiger partial charge in [0.05, 0.1) is 11.6 Å². The van der Waals surface area contributed by atoms with Crippen molar-refractivity contribution >= 4 is 11.9 Å². The lowest BCUT2D eigenvalue weighted by atomic mass is 9.98. The summed E-state index contributed by atoms with van der Waals surface area (Å²) in [5.74, 6) is -1.61. The Hall–Kier alpha value is -1.85. The zero-order chi connectivity index (χ0) is 14.0. The Morgan fingerprint density at radius 1 is 1.44 bits per heavy atom. The van der Waals surface area contributed by atoms with E-state index in [4.69, 9.17) is 5.11 Å². The molecule has 1 aromatic heterocycles. The smallest absolute Gasteiger partial charge is 0.323 e.